The summed E-state index contributed by atoms with van der Waals surface area (Å²) < 4.78 is 0. The maximum absolute atomic E-state index is 11.6. The van der Waals surface area contributed by atoms with Crippen molar-refractivity contribution in [3.05, 3.63) is 0 Å². The number of likely N-dealkylation sites (tertiary alicyclic amines) is 1. The fourth-order valence-corrected chi connectivity index (χ4v) is 3.01. The Balaban J connectivity index is 1.83. The molecular formula is C13H24N2O. The molecule has 0 bridgehead atoms. The number of hydrogen-bond acceptors (Lipinski definition) is 3. The fraction of sp³-hybridized carbons (Fsp3) is 0.923. The van der Waals surface area contributed by atoms with Crippen LogP contribution in [0.5, 0.6) is 0 Å². The maximum Gasteiger partial charge on any atom is 0.137 e. The summed E-state index contributed by atoms with van der Waals surface area (Å²) in [5, 5.41) is 0. The van der Waals surface area contributed by atoms with E-state index in [0.717, 1.165) is 32.4 Å². The van der Waals surface area contributed by atoms with Gasteiger partial charge < -0.3 is 9.80 Å². The molecule has 92 valence electrons. The topological polar surface area (TPSA) is 23.6 Å². The van der Waals surface area contributed by atoms with Crippen molar-refractivity contribution in [2.45, 2.75) is 38.1 Å². The van der Waals surface area contributed by atoms with E-state index in [0.29, 0.717) is 17.7 Å². The number of piperidine rings is 1. The predicted octanol–water partition coefficient (Wildman–Crippen LogP) is 1.38. The van der Waals surface area contributed by atoms with Gasteiger partial charge in [0.15, 0.2) is 0 Å². The van der Waals surface area contributed by atoms with Crippen LogP contribution in [0.1, 0.15) is 32.1 Å². The monoisotopic (exact) mass is 224 g/mol. The van der Waals surface area contributed by atoms with Crippen LogP contribution in [0, 0.1) is 5.92 Å². The van der Waals surface area contributed by atoms with Gasteiger partial charge in [0.05, 0.1) is 0 Å². The minimum Gasteiger partial charge on any atom is -0.305 e. The Labute approximate surface area is 98.8 Å². The third-order valence-corrected chi connectivity index (χ3v) is 4.12. The average molecular weight is 224 g/mol. The third kappa shape index (κ3) is 2.83. The Bertz CT molecular complexity index is 252. The van der Waals surface area contributed by atoms with E-state index in [4.69, 9.17) is 0 Å². The smallest absolute Gasteiger partial charge is 0.137 e. The van der Waals surface area contributed by atoms with E-state index in [1.165, 1.54) is 19.4 Å². The average Bonchev–Trinajstić information content (AvgIpc) is 2.65. The van der Waals surface area contributed by atoms with Crippen LogP contribution in [0.25, 0.3) is 0 Å². The molecule has 2 fully saturated rings. The van der Waals surface area contributed by atoms with E-state index >= 15 is 0 Å². The Hall–Kier alpha value is -0.410. The van der Waals surface area contributed by atoms with Crippen molar-refractivity contribution in [3.8, 4) is 0 Å². The van der Waals surface area contributed by atoms with Gasteiger partial charge in [0.25, 0.3) is 0 Å². The summed E-state index contributed by atoms with van der Waals surface area (Å²) in [7, 11) is 4.32. The first-order valence-electron chi connectivity index (χ1n) is 6.58. The van der Waals surface area contributed by atoms with Crippen LogP contribution in [-0.2, 0) is 4.79 Å². The molecule has 0 spiro atoms. The second-order valence-corrected chi connectivity index (χ2v) is 5.57. The molecule has 3 heteroatoms. The zero-order chi connectivity index (χ0) is 11.5. The molecule has 1 saturated carbocycles. The minimum absolute atomic E-state index is 0.348. The van der Waals surface area contributed by atoms with Gasteiger partial charge in [-0.2, -0.15) is 0 Å². The highest BCUT2D eigenvalue weighted by atomic mass is 16.1. The summed E-state index contributed by atoms with van der Waals surface area (Å²) in [5.74, 6) is 0.855. The van der Waals surface area contributed by atoms with E-state index in [1.807, 2.05) is 0 Å². The highest BCUT2D eigenvalue weighted by Crippen LogP contribution is 2.24. The van der Waals surface area contributed by atoms with Crippen molar-refractivity contribution >= 4 is 5.78 Å². The standard InChI is InChI=1S/C13H24N2O/c1-14(2)12-6-4-8-15(10-12)9-11-5-3-7-13(11)16/h11-12H,3-10H2,1-2H3. The zero-order valence-corrected chi connectivity index (χ0v) is 10.6. The van der Waals surface area contributed by atoms with Crippen LogP contribution >= 0.6 is 0 Å². The fourth-order valence-electron chi connectivity index (χ4n) is 3.01. The summed E-state index contributed by atoms with van der Waals surface area (Å²) in [6.07, 6.45) is 5.66. The van der Waals surface area contributed by atoms with Crippen LogP contribution in [0.4, 0.5) is 0 Å². The normalized spacial score (nSPS) is 32.6. The van der Waals surface area contributed by atoms with Crippen molar-refractivity contribution in [1.82, 2.24) is 9.80 Å². The van der Waals surface area contributed by atoms with Crippen LogP contribution < -0.4 is 0 Å². The first-order valence-corrected chi connectivity index (χ1v) is 6.58. The molecule has 0 aromatic carbocycles. The summed E-state index contributed by atoms with van der Waals surface area (Å²) in [4.78, 5) is 16.5. The Morgan fingerprint density at radius 3 is 2.75 bits per heavy atom. The van der Waals surface area contributed by atoms with Crippen molar-refractivity contribution in [3.63, 3.8) is 0 Å². The van der Waals surface area contributed by atoms with Crippen LogP contribution in [0.15, 0.2) is 0 Å². The molecule has 2 aliphatic rings. The summed E-state index contributed by atoms with van der Waals surface area (Å²) in [6, 6.07) is 0.685. The first kappa shape index (κ1) is 12.1. The van der Waals surface area contributed by atoms with Crippen molar-refractivity contribution in [2.24, 2.45) is 5.92 Å². The van der Waals surface area contributed by atoms with Gasteiger partial charge >= 0.3 is 0 Å². The van der Waals surface area contributed by atoms with Gasteiger partial charge in [-0.15, -0.1) is 0 Å². The molecule has 0 radical (unpaired) electrons. The van der Waals surface area contributed by atoms with Gasteiger partial charge in [-0.1, -0.05) is 0 Å². The molecule has 1 saturated heterocycles. The molecule has 1 heterocycles. The molecular weight excluding hydrogens is 200 g/mol. The van der Waals surface area contributed by atoms with Crippen LogP contribution in [0.3, 0.4) is 0 Å². The lowest BCUT2D eigenvalue weighted by Gasteiger charge is -2.37. The molecule has 2 atom stereocenters. The zero-order valence-electron chi connectivity index (χ0n) is 10.6. The largest absolute Gasteiger partial charge is 0.305 e. The molecule has 2 unspecified atom stereocenters. The van der Waals surface area contributed by atoms with Gasteiger partial charge in [-0.3, -0.25) is 4.79 Å². The highest BCUT2D eigenvalue weighted by molar-refractivity contribution is 5.83. The Morgan fingerprint density at radius 1 is 1.31 bits per heavy atom. The molecule has 16 heavy (non-hydrogen) atoms. The Kier molecular flexibility index (Phi) is 3.98. The van der Waals surface area contributed by atoms with Gasteiger partial charge in [0, 0.05) is 31.5 Å². The van der Waals surface area contributed by atoms with Crippen LogP contribution in [0.2, 0.25) is 0 Å². The lowest BCUT2D eigenvalue weighted by Crippen LogP contribution is -2.46. The first-order chi connectivity index (χ1) is 7.66. The number of Topliss-reactive ketones (excluding diaryl/α,β-unsaturated/α-hetero) is 1. The van der Waals surface area contributed by atoms with Gasteiger partial charge in [0.2, 0.25) is 0 Å². The highest BCUT2D eigenvalue weighted by Gasteiger charge is 2.29. The Morgan fingerprint density at radius 2 is 2.12 bits per heavy atom. The second-order valence-electron chi connectivity index (χ2n) is 5.57. The molecule has 0 amide bonds. The predicted molar refractivity (Wildman–Crippen MR) is 65.5 cm³/mol. The van der Waals surface area contributed by atoms with E-state index in [1.54, 1.807) is 0 Å². The number of hydrogen-bond donors (Lipinski definition) is 0. The van der Waals surface area contributed by atoms with Crippen molar-refractivity contribution in [1.29, 1.82) is 0 Å². The lowest BCUT2D eigenvalue weighted by atomic mass is 10.0. The summed E-state index contributed by atoms with van der Waals surface area (Å²) >= 11 is 0. The van der Waals surface area contributed by atoms with E-state index in [2.05, 4.69) is 23.9 Å². The van der Waals surface area contributed by atoms with Crippen LogP contribution in [-0.4, -0.2) is 55.4 Å². The number of carbonyl (C=O) groups is 1. The SMILES string of the molecule is CN(C)C1CCCN(CC2CCCC2=O)C1. The number of ketones is 1. The van der Waals surface area contributed by atoms with Crippen molar-refractivity contribution in [2.75, 3.05) is 33.7 Å². The number of carbonyl (C=O) groups excluding carboxylic acids is 1. The molecule has 0 aromatic heterocycles. The van der Waals surface area contributed by atoms with E-state index in [-0.39, 0.29) is 0 Å². The number of likely N-dealkylation sites (N-methyl/N-ethyl adjacent to an activating group) is 1. The molecule has 1 aliphatic carbocycles. The van der Waals surface area contributed by atoms with Gasteiger partial charge in [0.1, 0.15) is 5.78 Å². The quantitative estimate of drug-likeness (QED) is 0.723. The third-order valence-electron chi connectivity index (χ3n) is 4.12. The molecule has 1 aliphatic heterocycles. The molecule has 2 rings (SSSR count). The maximum atomic E-state index is 11.6. The minimum atomic E-state index is 0.348. The number of nitrogens with zero attached hydrogens (tertiary/aromatic N) is 2. The van der Waals surface area contributed by atoms with Crippen molar-refractivity contribution < 1.29 is 4.79 Å². The summed E-state index contributed by atoms with van der Waals surface area (Å²) in [5.41, 5.74) is 0. The second kappa shape index (κ2) is 5.28. The number of rotatable bonds is 3. The van der Waals surface area contributed by atoms with Gasteiger partial charge in [-0.05, 0) is 46.3 Å². The van der Waals surface area contributed by atoms with E-state index in [9.17, 15) is 4.79 Å². The molecule has 0 aromatic rings. The summed E-state index contributed by atoms with van der Waals surface area (Å²) in [6.45, 7) is 3.36. The van der Waals surface area contributed by atoms with Gasteiger partial charge in [-0.25, -0.2) is 0 Å². The molecule has 3 nitrogen and oxygen atoms in total. The molecule has 0 N–H and O–H groups in total. The lowest BCUT2D eigenvalue weighted by molar-refractivity contribution is -0.121. The van der Waals surface area contributed by atoms with E-state index < -0.39 is 0 Å².